The molecule has 1 aliphatic rings. The number of nitro groups is 1. The second-order valence-electron chi connectivity index (χ2n) is 4.06. The average Bonchev–Trinajstić information content (AvgIpc) is 2.38. The van der Waals surface area contributed by atoms with Crippen LogP contribution in [0, 0.1) is 17.0 Å². The van der Waals surface area contributed by atoms with E-state index >= 15 is 0 Å². The van der Waals surface area contributed by atoms with Crippen LogP contribution in [0.4, 0.5) is 11.5 Å². The van der Waals surface area contributed by atoms with E-state index in [1.807, 2.05) is 0 Å². The zero-order chi connectivity index (χ0) is 13.0. The summed E-state index contributed by atoms with van der Waals surface area (Å²) in [6.45, 7) is 4.13. The van der Waals surface area contributed by atoms with Crippen molar-refractivity contribution in [3.63, 3.8) is 0 Å². The Hall–Kier alpha value is -1.73. The Labute approximate surface area is 104 Å². The smallest absolute Gasteiger partial charge is 0.287 e. The molecule has 0 aliphatic carbocycles. The maximum absolute atomic E-state index is 10.6. The van der Waals surface area contributed by atoms with Crippen LogP contribution in [-0.2, 0) is 9.47 Å². The van der Waals surface area contributed by atoms with E-state index in [4.69, 9.17) is 9.47 Å². The van der Waals surface area contributed by atoms with E-state index in [9.17, 15) is 10.1 Å². The van der Waals surface area contributed by atoms with E-state index in [1.54, 1.807) is 6.92 Å². The summed E-state index contributed by atoms with van der Waals surface area (Å²) in [5.41, 5.74) is 0.733. The van der Waals surface area contributed by atoms with Gasteiger partial charge in [-0.15, -0.1) is 0 Å². The summed E-state index contributed by atoms with van der Waals surface area (Å²) >= 11 is 0. The van der Waals surface area contributed by atoms with Crippen LogP contribution in [0.15, 0.2) is 12.3 Å². The number of nitrogens with zero attached hydrogens (tertiary/aromatic N) is 2. The van der Waals surface area contributed by atoms with E-state index in [0.29, 0.717) is 32.2 Å². The minimum Gasteiger partial charge on any atom is -0.376 e. The Balaban J connectivity index is 1.94. The second-order valence-corrected chi connectivity index (χ2v) is 4.06. The molecule has 0 bridgehead atoms. The highest BCUT2D eigenvalue weighted by Gasteiger charge is 2.15. The van der Waals surface area contributed by atoms with Gasteiger partial charge in [-0.25, -0.2) is 4.98 Å². The first kappa shape index (κ1) is 12.7. The predicted molar refractivity (Wildman–Crippen MR) is 64.7 cm³/mol. The highest BCUT2D eigenvalue weighted by molar-refractivity contribution is 5.48. The Morgan fingerprint density at radius 1 is 1.61 bits per heavy atom. The zero-order valence-electron chi connectivity index (χ0n) is 10.1. The van der Waals surface area contributed by atoms with Crippen molar-refractivity contribution < 1.29 is 14.4 Å². The van der Waals surface area contributed by atoms with Gasteiger partial charge in [0.25, 0.3) is 5.69 Å². The molecule has 1 unspecified atom stereocenters. The molecule has 2 rings (SSSR count). The molecule has 1 aliphatic heterocycles. The van der Waals surface area contributed by atoms with Crippen molar-refractivity contribution >= 4 is 11.5 Å². The summed E-state index contributed by atoms with van der Waals surface area (Å²) < 4.78 is 10.8. The number of hydrogen-bond acceptors (Lipinski definition) is 6. The maximum atomic E-state index is 10.6. The molecular formula is C11H15N3O4. The third-order valence-electron chi connectivity index (χ3n) is 2.66. The van der Waals surface area contributed by atoms with Crippen molar-refractivity contribution in [2.75, 3.05) is 31.7 Å². The van der Waals surface area contributed by atoms with Gasteiger partial charge in [-0.2, -0.15) is 0 Å². The molecule has 1 atom stereocenters. The van der Waals surface area contributed by atoms with Crippen molar-refractivity contribution in [2.24, 2.45) is 0 Å². The zero-order valence-corrected chi connectivity index (χ0v) is 10.1. The number of pyridine rings is 1. The molecule has 0 spiro atoms. The number of nitrogens with one attached hydrogen (secondary N) is 1. The molecule has 1 aromatic rings. The molecule has 1 aromatic heterocycles. The van der Waals surface area contributed by atoms with Gasteiger partial charge in [0.15, 0.2) is 0 Å². The molecule has 1 fully saturated rings. The molecule has 1 saturated heterocycles. The third-order valence-corrected chi connectivity index (χ3v) is 2.66. The lowest BCUT2D eigenvalue weighted by atomic mass is 10.2. The molecule has 0 aromatic carbocycles. The maximum Gasteiger partial charge on any atom is 0.287 e. The van der Waals surface area contributed by atoms with Gasteiger partial charge in [-0.05, 0) is 12.5 Å². The number of rotatable bonds is 4. The Morgan fingerprint density at radius 3 is 3.06 bits per heavy atom. The molecule has 7 heteroatoms. The van der Waals surface area contributed by atoms with Crippen LogP contribution in [0.2, 0.25) is 0 Å². The van der Waals surface area contributed by atoms with Crippen LogP contribution in [0.25, 0.3) is 0 Å². The summed E-state index contributed by atoms with van der Waals surface area (Å²) in [6.07, 6.45) is 1.24. The van der Waals surface area contributed by atoms with Crippen LogP contribution in [-0.4, -0.2) is 42.4 Å². The van der Waals surface area contributed by atoms with Gasteiger partial charge in [0.1, 0.15) is 12.0 Å². The molecule has 98 valence electrons. The van der Waals surface area contributed by atoms with Crippen molar-refractivity contribution in [2.45, 2.75) is 13.0 Å². The monoisotopic (exact) mass is 253 g/mol. The van der Waals surface area contributed by atoms with E-state index in [1.165, 1.54) is 12.3 Å². The Kier molecular flexibility index (Phi) is 4.06. The van der Waals surface area contributed by atoms with Gasteiger partial charge in [0.2, 0.25) is 0 Å². The highest BCUT2D eigenvalue weighted by atomic mass is 16.6. The molecule has 1 N–H and O–H groups in total. The Bertz CT molecular complexity index is 432. The van der Waals surface area contributed by atoms with E-state index in [-0.39, 0.29) is 11.8 Å². The first-order valence-electron chi connectivity index (χ1n) is 5.71. The topological polar surface area (TPSA) is 86.5 Å². The first-order valence-corrected chi connectivity index (χ1v) is 5.71. The van der Waals surface area contributed by atoms with Crippen LogP contribution < -0.4 is 5.32 Å². The fraction of sp³-hybridized carbons (Fsp3) is 0.545. The van der Waals surface area contributed by atoms with E-state index in [0.717, 1.165) is 5.56 Å². The lowest BCUT2D eigenvalue weighted by Crippen LogP contribution is -2.34. The summed E-state index contributed by atoms with van der Waals surface area (Å²) in [5, 5.41) is 13.7. The number of aromatic nitrogens is 1. The van der Waals surface area contributed by atoms with Crippen LogP contribution >= 0.6 is 0 Å². The molecular weight excluding hydrogens is 238 g/mol. The number of aryl methyl sites for hydroxylation is 1. The van der Waals surface area contributed by atoms with E-state index in [2.05, 4.69) is 10.3 Å². The number of hydrogen-bond donors (Lipinski definition) is 1. The minimum atomic E-state index is -0.456. The lowest BCUT2D eigenvalue weighted by Gasteiger charge is -2.23. The normalized spacial score (nSPS) is 19.5. The summed E-state index contributed by atoms with van der Waals surface area (Å²) in [6, 6.07) is 1.49. The number of ether oxygens (including phenoxy) is 2. The van der Waals surface area contributed by atoms with Crippen molar-refractivity contribution in [3.8, 4) is 0 Å². The molecule has 0 amide bonds. The minimum absolute atomic E-state index is 0.00435. The van der Waals surface area contributed by atoms with Crippen LogP contribution in [0.3, 0.4) is 0 Å². The van der Waals surface area contributed by atoms with Gasteiger partial charge in [-0.3, -0.25) is 10.1 Å². The standard InChI is InChI=1S/C11H15N3O4/c1-8-4-9(14(15)16)5-12-11(8)13-6-10-7-17-2-3-18-10/h4-5,10H,2-3,6-7H2,1H3,(H,12,13). The second kappa shape index (κ2) is 5.74. The fourth-order valence-corrected chi connectivity index (χ4v) is 1.71. The first-order chi connectivity index (χ1) is 8.66. The SMILES string of the molecule is Cc1cc([N+](=O)[O-])cnc1NCC1COCCO1. The highest BCUT2D eigenvalue weighted by Crippen LogP contribution is 2.18. The van der Waals surface area contributed by atoms with E-state index < -0.39 is 4.92 Å². The van der Waals surface area contributed by atoms with Gasteiger partial charge >= 0.3 is 0 Å². The van der Waals surface area contributed by atoms with Gasteiger partial charge < -0.3 is 14.8 Å². The summed E-state index contributed by atoms with van der Waals surface area (Å²) in [5.74, 6) is 0.634. The third kappa shape index (κ3) is 3.14. The van der Waals surface area contributed by atoms with Crippen LogP contribution in [0.5, 0.6) is 0 Å². The quantitative estimate of drug-likeness (QED) is 0.639. The number of anilines is 1. The fourth-order valence-electron chi connectivity index (χ4n) is 1.71. The average molecular weight is 253 g/mol. The van der Waals surface area contributed by atoms with Gasteiger partial charge in [0, 0.05) is 12.6 Å². The van der Waals surface area contributed by atoms with Crippen molar-refractivity contribution in [1.29, 1.82) is 0 Å². The largest absolute Gasteiger partial charge is 0.376 e. The summed E-state index contributed by atoms with van der Waals surface area (Å²) in [4.78, 5) is 14.2. The van der Waals surface area contributed by atoms with Crippen molar-refractivity contribution in [1.82, 2.24) is 4.98 Å². The van der Waals surface area contributed by atoms with Crippen molar-refractivity contribution in [3.05, 3.63) is 27.9 Å². The molecule has 2 heterocycles. The molecule has 7 nitrogen and oxygen atoms in total. The van der Waals surface area contributed by atoms with Crippen LogP contribution in [0.1, 0.15) is 5.56 Å². The van der Waals surface area contributed by atoms with Gasteiger partial charge in [0.05, 0.1) is 30.8 Å². The lowest BCUT2D eigenvalue weighted by molar-refractivity contribution is -0.385. The molecule has 0 radical (unpaired) electrons. The summed E-state index contributed by atoms with van der Waals surface area (Å²) in [7, 11) is 0. The predicted octanol–water partition coefficient (Wildman–Crippen LogP) is 1.13. The molecule has 18 heavy (non-hydrogen) atoms. The molecule has 0 saturated carbocycles. The van der Waals surface area contributed by atoms with Gasteiger partial charge in [-0.1, -0.05) is 0 Å². The Morgan fingerprint density at radius 2 is 2.44 bits per heavy atom.